The van der Waals surface area contributed by atoms with Crippen LogP contribution < -0.4 is 16.0 Å². The van der Waals surface area contributed by atoms with Gasteiger partial charge in [0, 0.05) is 17.8 Å². The van der Waals surface area contributed by atoms with Crippen molar-refractivity contribution in [1.29, 1.82) is 0 Å². The fraction of sp³-hybridized carbons (Fsp3) is 0.167. The first kappa shape index (κ1) is 12.3. The van der Waals surface area contributed by atoms with E-state index in [0.29, 0.717) is 11.6 Å². The molecular weight excluding hydrogens is 235 g/mol. The molecule has 0 saturated carbocycles. The quantitative estimate of drug-likeness (QED) is 0.644. The van der Waals surface area contributed by atoms with E-state index in [1.54, 1.807) is 19.2 Å². The monoisotopic (exact) mass is 248 g/mol. The second-order valence-electron chi connectivity index (χ2n) is 3.84. The molecule has 0 unspecified atom stereocenters. The summed E-state index contributed by atoms with van der Waals surface area (Å²) in [5, 5.41) is 0. The third-order valence-electron chi connectivity index (χ3n) is 2.41. The maximum Gasteiger partial charge on any atom is 0.240 e. The molecule has 0 aliphatic carbocycles. The lowest BCUT2D eigenvalue weighted by Gasteiger charge is -2.10. The fourth-order valence-electron chi connectivity index (χ4n) is 1.39. The average Bonchev–Trinajstić information content (AvgIpc) is 2.36. The van der Waals surface area contributed by atoms with Crippen LogP contribution in [0.4, 0.5) is 10.3 Å². The molecule has 5 nitrogen and oxygen atoms in total. The number of anilines is 1. The van der Waals surface area contributed by atoms with Crippen molar-refractivity contribution in [2.45, 2.75) is 13.8 Å². The number of nitrogens with one attached hydrogen (secondary N) is 1. The zero-order chi connectivity index (χ0) is 13.1. The van der Waals surface area contributed by atoms with E-state index >= 15 is 0 Å². The van der Waals surface area contributed by atoms with Crippen molar-refractivity contribution >= 4 is 5.95 Å². The Kier molecular flexibility index (Phi) is 3.38. The number of hydrogen-bond donors (Lipinski definition) is 2. The predicted molar refractivity (Wildman–Crippen MR) is 65.8 cm³/mol. The van der Waals surface area contributed by atoms with Gasteiger partial charge >= 0.3 is 0 Å². The molecule has 2 rings (SSSR count). The van der Waals surface area contributed by atoms with E-state index in [1.807, 2.05) is 6.92 Å². The third kappa shape index (κ3) is 2.54. The van der Waals surface area contributed by atoms with Gasteiger partial charge in [-0.25, -0.2) is 15.2 Å². The van der Waals surface area contributed by atoms with Crippen molar-refractivity contribution in [3.63, 3.8) is 0 Å². The van der Waals surface area contributed by atoms with Crippen LogP contribution >= 0.6 is 0 Å². The summed E-state index contributed by atoms with van der Waals surface area (Å²) in [6.07, 6.45) is 1.58. The van der Waals surface area contributed by atoms with Gasteiger partial charge in [-0.1, -0.05) is 6.07 Å². The average molecular weight is 248 g/mol. The van der Waals surface area contributed by atoms with Crippen molar-refractivity contribution in [3.8, 4) is 11.6 Å². The minimum atomic E-state index is -0.362. The van der Waals surface area contributed by atoms with E-state index in [4.69, 9.17) is 10.6 Å². The Bertz CT molecular complexity index is 574. The van der Waals surface area contributed by atoms with E-state index in [0.717, 1.165) is 11.1 Å². The van der Waals surface area contributed by atoms with Crippen molar-refractivity contribution in [1.82, 2.24) is 9.97 Å². The zero-order valence-electron chi connectivity index (χ0n) is 10.1. The van der Waals surface area contributed by atoms with Crippen LogP contribution in [0, 0.1) is 19.7 Å². The molecule has 0 amide bonds. The Morgan fingerprint density at radius 3 is 2.78 bits per heavy atom. The smallest absolute Gasteiger partial charge is 0.240 e. The van der Waals surface area contributed by atoms with E-state index < -0.39 is 0 Å². The maximum absolute atomic E-state index is 13.2. The number of aryl methyl sites for hydroxylation is 2. The van der Waals surface area contributed by atoms with Crippen LogP contribution in [0.15, 0.2) is 24.4 Å². The van der Waals surface area contributed by atoms with Gasteiger partial charge in [-0.3, -0.25) is 5.43 Å². The predicted octanol–water partition coefficient (Wildman–Crippen LogP) is 2.31. The molecular formula is C12H13FN4O. The summed E-state index contributed by atoms with van der Waals surface area (Å²) >= 11 is 0. The number of aromatic nitrogens is 2. The number of nitrogens with two attached hydrogens (primary N) is 1. The van der Waals surface area contributed by atoms with Gasteiger partial charge in [0.25, 0.3) is 0 Å². The highest BCUT2D eigenvalue weighted by molar-refractivity contribution is 5.39. The van der Waals surface area contributed by atoms with Crippen LogP contribution in [-0.4, -0.2) is 9.97 Å². The minimum Gasteiger partial charge on any atom is -0.438 e. The standard InChI is InChI=1S/C12H13FN4O/c1-7-3-4-9(13)5-10(7)18-11-8(2)6-15-12(16-11)17-14/h3-6H,14H2,1-2H3,(H,15,16,17). The van der Waals surface area contributed by atoms with Gasteiger partial charge in [0.1, 0.15) is 11.6 Å². The Hall–Kier alpha value is -2.21. The number of nitrogens with zero attached hydrogens (tertiary/aromatic N) is 2. The fourth-order valence-corrected chi connectivity index (χ4v) is 1.39. The molecule has 0 aliphatic heterocycles. The van der Waals surface area contributed by atoms with Crippen molar-refractivity contribution < 1.29 is 9.13 Å². The summed E-state index contributed by atoms with van der Waals surface area (Å²) < 4.78 is 18.7. The lowest BCUT2D eigenvalue weighted by atomic mass is 10.2. The number of nitrogen functional groups attached to an aromatic ring is 1. The topological polar surface area (TPSA) is 73.1 Å². The third-order valence-corrected chi connectivity index (χ3v) is 2.41. The number of ether oxygens (including phenoxy) is 1. The number of halogens is 1. The maximum atomic E-state index is 13.2. The van der Waals surface area contributed by atoms with Crippen LogP contribution in [0.5, 0.6) is 11.6 Å². The molecule has 18 heavy (non-hydrogen) atoms. The molecule has 0 saturated heterocycles. The first-order chi connectivity index (χ1) is 8.60. The summed E-state index contributed by atoms with van der Waals surface area (Å²) in [7, 11) is 0. The highest BCUT2D eigenvalue weighted by Crippen LogP contribution is 2.26. The van der Waals surface area contributed by atoms with Gasteiger partial charge in [0.05, 0.1) is 0 Å². The number of hydrogen-bond acceptors (Lipinski definition) is 5. The van der Waals surface area contributed by atoms with Crippen LogP contribution in [0.25, 0.3) is 0 Å². The van der Waals surface area contributed by atoms with Gasteiger partial charge in [0.15, 0.2) is 0 Å². The number of hydrazine groups is 1. The molecule has 1 aromatic heterocycles. The van der Waals surface area contributed by atoms with Crippen molar-refractivity contribution in [2.75, 3.05) is 5.43 Å². The minimum absolute atomic E-state index is 0.240. The van der Waals surface area contributed by atoms with Crippen LogP contribution in [0.3, 0.4) is 0 Å². The molecule has 0 aliphatic rings. The van der Waals surface area contributed by atoms with Crippen LogP contribution in [0.2, 0.25) is 0 Å². The summed E-state index contributed by atoms with van der Waals surface area (Å²) in [6, 6.07) is 4.33. The molecule has 0 fully saturated rings. The molecule has 94 valence electrons. The highest BCUT2D eigenvalue weighted by Gasteiger charge is 2.08. The molecule has 0 bridgehead atoms. The highest BCUT2D eigenvalue weighted by atomic mass is 19.1. The second-order valence-corrected chi connectivity index (χ2v) is 3.84. The second kappa shape index (κ2) is 4.97. The number of rotatable bonds is 3. The Labute approximate surface area is 104 Å². The molecule has 2 aromatic rings. The van der Waals surface area contributed by atoms with E-state index in [2.05, 4.69) is 15.4 Å². The van der Waals surface area contributed by atoms with Crippen molar-refractivity contribution in [2.24, 2.45) is 5.84 Å². The van der Waals surface area contributed by atoms with Crippen LogP contribution in [0.1, 0.15) is 11.1 Å². The summed E-state index contributed by atoms with van der Waals surface area (Å²) in [5.41, 5.74) is 3.88. The lowest BCUT2D eigenvalue weighted by Crippen LogP contribution is -2.11. The van der Waals surface area contributed by atoms with Gasteiger partial charge in [-0.05, 0) is 25.5 Å². The molecule has 0 spiro atoms. The zero-order valence-corrected chi connectivity index (χ0v) is 10.1. The molecule has 6 heteroatoms. The molecule has 0 atom stereocenters. The first-order valence-corrected chi connectivity index (χ1v) is 5.34. The summed E-state index contributed by atoms with van der Waals surface area (Å²) in [6.45, 7) is 3.62. The normalized spacial score (nSPS) is 10.2. The Morgan fingerprint density at radius 1 is 1.28 bits per heavy atom. The lowest BCUT2D eigenvalue weighted by molar-refractivity contribution is 0.450. The molecule has 3 N–H and O–H groups in total. The number of benzene rings is 1. The van der Waals surface area contributed by atoms with Gasteiger partial charge < -0.3 is 4.74 Å². The van der Waals surface area contributed by atoms with Crippen LogP contribution in [-0.2, 0) is 0 Å². The largest absolute Gasteiger partial charge is 0.438 e. The Balaban J connectivity index is 2.36. The SMILES string of the molecule is Cc1ccc(F)cc1Oc1nc(NN)ncc1C. The van der Waals surface area contributed by atoms with E-state index in [9.17, 15) is 4.39 Å². The summed E-state index contributed by atoms with van der Waals surface area (Å²) in [4.78, 5) is 8.00. The first-order valence-electron chi connectivity index (χ1n) is 5.34. The Morgan fingerprint density at radius 2 is 2.06 bits per heavy atom. The van der Waals surface area contributed by atoms with Gasteiger partial charge in [0.2, 0.25) is 11.8 Å². The van der Waals surface area contributed by atoms with Gasteiger partial charge in [-0.2, -0.15) is 4.98 Å². The van der Waals surface area contributed by atoms with Gasteiger partial charge in [-0.15, -0.1) is 0 Å². The molecule has 0 radical (unpaired) electrons. The molecule has 1 heterocycles. The molecule has 1 aromatic carbocycles. The van der Waals surface area contributed by atoms with Crippen molar-refractivity contribution in [3.05, 3.63) is 41.3 Å². The van der Waals surface area contributed by atoms with E-state index in [1.165, 1.54) is 12.1 Å². The summed E-state index contributed by atoms with van der Waals surface area (Å²) in [5.74, 6) is 5.86. The van der Waals surface area contributed by atoms with E-state index in [-0.39, 0.29) is 11.8 Å².